The highest BCUT2D eigenvalue weighted by Crippen LogP contribution is 2.45. The molecule has 36 heavy (non-hydrogen) atoms. The number of aromatic nitrogens is 1. The molecule has 0 spiro atoms. The van der Waals surface area contributed by atoms with Crippen molar-refractivity contribution in [3.8, 4) is 11.5 Å². The van der Waals surface area contributed by atoms with Gasteiger partial charge < -0.3 is 14.6 Å². The zero-order valence-electron chi connectivity index (χ0n) is 19.6. The van der Waals surface area contributed by atoms with E-state index >= 15 is 0 Å². The molecule has 4 aromatic rings. The van der Waals surface area contributed by atoms with Crippen molar-refractivity contribution in [2.45, 2.75) is 13.0 Å². The first kappa shape index (κ1) is 24.0. The Labute approximate surface area is 219 Å². The third-order valence-electron chi connectivity index (χ3n) is 6.07. The third-order valence-corrected chi connectivity index (χ3v) is 7.58. The van der Waals surface area contributed by atoms with Gasteiger partial charge in [0.05, 0.1) is 36.1 Å². The monoisotopic (exact) mass is 564 g/mol. The number of anilines is 1. The molecule has 1 aliphatic rings. The zero-order chi connectivity index (χ0) is 25.6. The quantitative estimate of drug-likeness (QED) is 0.181. The van der Waals surface area contributed by atoms with Gasteiger partial charge in [-0.3, -0.25) is 14.5 Å². The third kappa shape index (κ3) is 4.04. The molecule has 1 N–H and O–H groups in total. The van der Waals surface area contributed by atoms with E-state index in [9.17, 15) is 14.7 Å². The molecule has 1 aliphatic heterocycles. The molecule has 1 amide bonds. The summed E-state index contributed by atoms with van der Waals surface area (Å²) in [6, 6.07) is 17.0. The summed E-state index contributed by atoms with van der Waals surface area (Å²) in [6.45, 7) is 1.84. The maximum Gasteiger partial charge on any atom is 0.301 e. The minimum absolute atomic E-state index is 0.000460. The molecule has 182 valence electrons. The molecule has 1 saturated heterocycles. The predicted octanol–water partition coefficient (Wildman–Crippen LogP) is 6.01. The topological polar surface area (TPSA) is 89.0 Å². The molecule has 0 aliphatic carbocycles. The number of aliphatic hydroxyl groups excluding tert-OH is 1. The number of methoxy groups -OCH3 is 2. The van der Waals surface area contributed by atoms with Crippen molar-refractivity contribution in [2.75, 3.05) is 19.1 Å². The van der Waals surface area contributed by atoms with Gasteiger partial charge in [-0.05, 0) is 66.6 Å². The highest BCUT2D eigenvalue weighted by Gasteiger charge is 2.48. The molecule has 5 rings (SSSR count). The molecule has 3 aromatic carbocycles. The predicted molar refractivity (Wildman–Crippen MR) is 143 cm³/mol. The van der Waals surface area contributed by atoms with E-state index in [1.807, 2.05) is 37.3 Å². The van der Waals surface area contributed by atoms with Crippen molar-refractivity contribution >= 4 is 60.1 Å². The molecule has 7 nitrogen and oxygen atoms in total. The average Bonchev–Trinajstić information content (AvgIpc) is 3.41. The molecule has 9 heteroatoms. The lowest BCUT2D eigenvalue weighted by Crippen LogP contribution is -2.29. The first-order valence-corrected chi connectivity index (χ1v) is 12.6. The van der Waals surface area contributed by atoms with E-state index in [2.05, 4.69) is 20.9 Å². The molecule has 2 heterocycles. The number of rotatable bonds is 5. The van der Waals surface area contributed by atoms with E-state index in [1.165, 1.54) is 16.2 Å². The lowest BCUT2D eigenvalue weighted by atomic mass is 9.95. The minimum atomic E-state index is -0.868. The molecule has 0 saturated carbocycles. The van der Waals surface area contributed by atoms with E-state index in [1.54, 1.807) is 44.6 Å². The van der Waals surface area contributed by atoms with Crippen LogP contribution in [0.15, 0.2) is 70.7 Å². The molecule has 0 bridgehead atoms. The lowest BCUT2D eigenvalue weighted by Gasteiger charge is -2.23. The molecule has 1 aromatic heterocycles. The van der Waals surface area contributed by atoms with Crippen LogP contribution in [-0.4, -0.2) is 36.0 Å². The Balaban J connectivity index is 1.72. The van der Waals surface area contributed by atoms with Crippen LogP contribution in [0.5, 0.6) is 11.5 Å². The summed E-state index contributed by atoms with van der Waals surface area (Å²) in [5.41, 5.74) is 2.54. The van der Waals surface area contributed by atoms with E-state index in [0.717, 1.165) is 14.7 Å². The fraction of sp³-hybridized carbons (Fsp3) is 0.148. The van der Waals surface area contributed by atoms with Crippen LogP contribution >= 0.6 is 27.3 Å². The van der Waals surface area contributed by atoms with Gasteiger partial charge >= 0.3 is 5.91 Å². The number of carbonyl (C=O) groups excluding carboxylic acids is 2. The van der Waals surface area contributed by atoms with Crippen molar-refractivity contribution in [1.29, 1.82) is 0 Å². The number of hydrogen-bond donors (Lipinski definition) is 1. The van der Waals surface area contributed by atoms with Crippen molar-refractivity contribution in [3.05, 3.63) is 87.4 Å². The van der Waals surface area contributed by atoms with Crippen LogP contribution in [0.1, 0.15) is 22.7 Å². The van der Waals surface area contributed by atoms with Crippen molar-refractivity contribution in [2.24, 2.45) is 0 Å². The van der Waals surface area contributed by atoms with Gasteiger partial charge in [-0.25, -0.2) is 4.98 Å². The van der Waals surface area contributed by atoms with Crippen LogP contribution in [-0.2, 0) is 9.59 Å². The Morgan fingerprint density at radius 1 is 1.06 bits per heavy atom. The second-order valence-electron chi connectivity index (χ2n) is 8.24. The van der Waals surface area contributed by atoms with Gasteiger partial charge in [-0.2, -0.15) is 0 Å². The first-order chi connectivity index (χ1) is 17.3. The number of ether oxygens (including phenoxy) is 2. The number of Topliss-reactive ketones (excluding diaryl/α,β-unsaturated/α-hetero) is 1. The normalized spacial score (nSPS) is 17.1. The molecule has 1 fully saturated rings. The summed E-state index contributed by atoms with van der Waals surface area (Å²) >= 11 is 4.76. The Bertz CT molecular complexity index is 1560. The molecule has 1 atom stereocenters. The molecule has 0 radical (unpaired) electrons. The Morgan fingerprint density at radius 3 is 2.56 bits per heavy atom. The number of hydrogen-bond acceptors (Lipinski definition) is 7. The molecular formula is C27H21BrN2O5S. The lowest BCUT2D eigenvalue weighted by molar-refractivity contribution is -0.132. The Morgan fingerprint density at radius 2 is 1.86 bits per heavy atom. The second-order valence-corrected chi connectivity index (χ2v) is 10.2. The van der Waals surface area contributed by atoms with Gasteiger partial charge in [-0.1, -0.05) is 39.4 Å². The molecule has 0 unspecified atom stereocenters. The summed E-state index contributed by atoms with van der Waals surface area (Å²) in [5.74, 6) is -0.464. The molecular weight excluding hydrogens is 544 g/mol. The summed E-state index contributed by atoms with van der Waals surface area (Å²) in [7, 11) is 3.14. The standard InChI is InChI=1S/C27H21BrN2O5S/c1-14-11-16(7-10-20(14)35-3)24(31)22-23(15-5-4-6-17(28)12-15)30(26(33)25(22)32)27-29-19-9-8-18(34-2)13-21(19)36-27/h4-13,23,31H,1-3H3/b24-22+/t23-/m0/s1. The van der Waals surface area contributed by atoms with Crippen LogP contribution in [0, 0.1) is 6.92 Å². The number of aryl methyl sites for hydroxylation is 1. The Kier molecular flexibility index (Phi) is 6.27. The maximum atomic E-state index is 13.4. The van der Waals surface area contributed by atoms with Crippen LogP contribution in [0.25, 0.3) is 16.0 Å². The number of aliphatic hydroxyl groups is 1. The first-order valence-electron chi connectivity index (χ1n) is 11.0. The second kappa shape index (κ2) is 9.40. The van der Waals surface area contributed by atoms with E-state index in [0.29, 0.717) is 33.3 Å². The zero-order valence-corrected chi connectivity index (χ0v) is 22.0. The van der Waals surface area contributed by atoms with Crippen molar-refractivity contribution in [3.63, 3.8) is 0 Å². The fourth-order valence-corrected chi connectivity index (χ4v) is 5.76. The SMILES string of the molecule is COc1ccc2nc(N3C(=O)C(=O)/C(=C(/O)c4ccc(OC)c(C)c4)[C@@H]3c3cccc(Br)c3)sc2c1. The van der Waals surface area contributed by atoms with Gasteiger partial charge in [0.2, 0.25) is 0 Å². The number of nitrogens with zero attached hydrogens (tertiary/aromatic N) is 2. The number of ketones is 1. The fourth-order valence-electron chi connectivity index (χ4n) is 4.33. The van der Waals surface area contributed by atoms with Gasteiger partial charge in [-0.15, -0.1) is 0 Å². The number of carbonyl (C=O) groups is 2. The largest absolute Gasteiger partial charge is 0.507 e. The highest BCUT2D eigenvalue weighted by molar-refractivity contribution is 9.10. The number of thiazole rings is 1. The van der Waals surface area contributed by atoms with Crippen LogP contribution in [0.2, 0.25) is 0 Å². The maximum absolute atomic E-state index is 13.4. The summed E-state index contributed by atoms with van der Waals surface area (Å²) in [5, 5.41) is 11.7. The van der Waals surface area contributed by atoms with Crippen molar-refractivity contribution in [1.82, 2.24) is 4.98 Å². The summed E-state index contributed by atoms with van der Waals surface area (Å²) in [6.07, 6.45) is 0. The van der Waals surface area contributed by atoms with Crippen LogP contribution < -0.4 is 14.4 Å². The van der Waals surface area contributed by atoms with Crippen LogP contribution in [0.3, 0.4) is 0 Å². The number of benzene rings is 3. The highest BCUT2D eigenvalue weighted by atomic mass is 79.9. The number of fused-ring (bicyclic) bond motifs is 1. The van der Waals surface area contributed by atoms with Crippen LogP contribution in [0.4, 0.5) is 5.13 Å². The van der Waals surface area contributed by atoms with E-state index in [-0.39, 0.29) is 11.3 Å². The van der Waals surface area contributed by atoms with Gasteiger partial charge in [0.15, 0.2) is 5.13 Å². The number of halogens is 1. The Hall–Kier alpha value is -3.69. The van der Waals surface area contributed by atoms with E-state index in [4.69, 9.17) is 9.47 Å². The summed E-state index contributed by atoms with van der Waals surface area (Å²) < 4.78 is 12.2. The average molecular weight is 565 g/mol. The minimum Gasteiger partial charge on any atom is -0.507 e. The van der Waals surface area contributed by atoms with Crippen molar-refractivity contribution < 1.29 is 24.2 Å². The van der Waals surface area contributed by atoms with Gasteiger partial charge in [0, 0.05) is 10.0 Å². The number of amides is 1. The summed E-state index contributed by atoms with van der Waals surface area (Å²) in [4.78, 5) is 32.8. The van der Waals surface area contributed by atoms with Gasteiger partial charge in [0.1, 0.15) is 17.3 Å². The smallest absolute Gasteiger partial charge is 0.301 e. The van der Waals surface area contributed by atoms with E-state index < -0.39 is 17.7 Å². The van der Waals surface area contributed by atoms with Gasteiger partial charge in [0.25, 0.3) is 5.78 Å².